The van der Waals surface area contributed by atoms with E-state index in [1.165, 1.54) is 6.42 Å². The van der Waals surface area contributed by atoms with Gasteiger partial charge in [-0.15, -0.1) is 0 Å². The molecule has 0 saturated carbocycles. The van der Waals surface area contributed by atoms with Crippen molar-refractivity contribution < 1.29 is 4.74 Å². The van der Waals surface area contributed by atoms with Gasteiger partial charge in [0.25, 0.3) is 0 Å². The summed E-state index contributed by atoms with van der Waals surface area (Å²) in [6.45, 7) is 4.94. The van der Waals surface area contributed by atoms with Crippen LogP contribution in [-0.4, -0.2) is 29.7 Å². The number of nitrogens with zero attached hydrogens (tertiary/aromatic N) is 1. The van der Waals surface area contributed by atoms with E-state index < -0.39 is 0 Å². The Morgan fingerprint density at radius 1 is 1.30 bits per heavy atom. The molecule has 1 aliphatic heterocycles. The van der Waals surface area contributed by atoms with Gasteiger partial charge in [-0.25, -0.2) is 4.98 Å². The van der Waals surface area contributed by atoms with E-state index in [2.05, 4.69) is 27.4 Å². The van der Waals surface area contributed by atoms with Crippen LogP contribution in [0, 0.1) is 5.92 Å². The molecule has 0 amide bonds. The maximum absolute atomic E-state index is 5.46. The minimum atomic E-state index is 0.697. The number of aromatic amines is 1. The van der Waals surface area contributed by atoms with E-state index in [9.17, 15) is 0 Å². The van der Waals surface area contributed by atoms with Crippen LogP contribution in [0.1, 0.15) is 19.2 Å². The van der Waals surface area contributed by atoms with Crippen LogP contribution in [0.15, 0.2) is 30.5 Å². The van der Waals surface area contributed by atoms with Crippen LogP contribution in [0.25, 0.3) is 11.3 Å². The van der Waals surface area contributed by atoms with Gasteiger partial charge < -0.3 is 15.0 Å². The minimum Gasteiger partial charge on any atom is -0.494 e. The molecule has 1 saturated heterocycles. The Morgan fingerprint density at radius 2 is 2.15 bits per heavy atom. The lowest BCUT2D eigenvalue weighted by Crippen LogP contribution is -2.11. The highest BCUT2D eigenvalue weighted by molar-refractivity contribution is 5.59. The zero-order valence-corrected chi connectivity index (χ0v) is 11.9. The molecule has 1 aromatic heterocycles. The van der Waals surface area contributed by atoms with E-state index in [-0.39, 0.29) is 0 Å². The van der Waals surface area contributed by atoms with Crippen LogP contribution in [0.3, 0.4) is 0 Å². The largest absolute Gasteiger partial charge is 0.494 e. The summed E-state index contributed by atoms with van der Waals surface area (Å²) < 4.78 is 5.46. The van der Waals surface area contributed by atoms with Crippen LogP contribution >= 0.6 is 0 Å². The summed E-state index contributed by atoms with van der Waals surface area (Å²) >= 11 is 0. The molecule has 1 fully saturated rings. The van der Waals surface area contributed by atoms with Crippen molar-refractivity contribution in [3.63, 3.8) is 0 Å². The van der Waals surface area contributed by atoms with Gasteiger partial charge in [-0.2, -0.15) is 0 Å². The number of aromatic nitrogens is 2. The molecule has 0 spiro atoms. The van der Waals surface area contributed by atoms with Crippen molar-refractivity contribution in [2.75, 3.05) is 19.7 Å². The van der Waals surface area contributed by atoms with Gasteiger partial charge in [-0.1, -0.05) is 0 Å². The third-order valence-electron chi connectivity index (χ3n) is 3.75. The first-order valence-electron chi connectivity index (χ1n) is 7.33. The summed E-state index contributed by atoms with van der Waals surface area (Å²) in [6, 6.07) is 8.14. The Kier molecular flexibility index (Phi) is 4.02. The second-order valence-electron chi connectivity index (χ2n) is 5.26. The van der Waals surface area contributed by atoms with Crippen molar-refractivity contribution in [3.05, 3.63) is 36.3 Å². The fourth-order valence-electron chi connectivity index (χ4n) is 2.67. The quantitative estimate of drug-likeness (QED) is 0.879. The van der Waals surface area contributed by atoms with E-state index in [0.29, 0.717) is 12.5 Å². The standard InChI is InChI=1S/C16H21N3O/c1-2-20-14-5-3-13(4-6-14)15-11-18-16(19-15)9-12-7-8-17-10-12/h3-6,11-12,17H,2,7-10H2,1H3,(H,18,19). The topological polar surface area (TPSA) is 49.9 Å². The highest BCUT2D eigenvalue weighted by Gasteiger charge is 2.16. The van der Waals surface area contributed by atoms with E-state index in [0.717, 1.165) is 42.3 Å². The molecule has 0 bridgehead atoms. The first-order valence-corrected chi connectivity index (χ1v) is 7.33. The Labute approximate surface area is 119 Å². The lowest BCUT2D eigenvalue weighted by atomic mass is 10.1. The van der Waals surface area contributed by atoms with Gasteiger partial charge in [-0.05, 0) is 62.2 Å². The first-order chi connectivity index (χ1) is 9.85. The number of hydrogen-bond donors (Lipinski definition) is 2. The summed E-state index contributed by atoms with van der Waals surface area (Å²) in [6.07, 6.45) is 4.20. The third kappa shape index (κ3) is 3.02. The summed E-state index contributed by atoms with van der Waals surface area (Å²) in [5.41, 5.74) is 2.23. The van der Waals surface area contributed by atoms with Gasteiger partial charge in [-0.3, -0.25) is 0 Å². The Morgan fingerprint density at radius 3 is 2.85 bits per heavy atom. The molecule has 3 rings (SSSR count). The van der Waals surface area contributed by atoms with Crippen LogP contribution in [0.5, 0.6) is 5.75 Å². The number of nitrogens with one attached hydrogen (secondary N) is 2. The van der Waals surface area contributed by atoms with E-state index in [1.54, 1.807) is 0 Å². The van der Waals surface area contributed by atoms with Crippen molar-refractivity contribution in [3.8, 4) is 17.0 Å². The molecule has 4 heteroatoms. The number of rotatable bonds is 5. The maximum atomic E-state index is 5.46. The molecule has 1 atom stereocenters. The summed E-state index contributed by atoms with van der Waals surface area (Å²) in [5.74, 6) is 2.71. The molecule has 2 N–H and O–H groups in total. The zero-order valence-electron chi connectivity index (χ0n) is 11.9. The zero-order chi connectivity index (χ0) is 13.8. The van der Waals surface area contributed by atoms with Gasteiger partial charge in [0, 0.05) is 6.42 Å². The van der Waals surface area contributed by atoms with Crippen LogP contribution in [-0.2, 0) is 6.42 Å². The maximum Gasteiger partial charge on any atom is 0.119 e. The van der Waals surface area contributed by atoms with Crippen molar-refractivity contribution in [1.29, 1.82) is 0 Å². The molecule has 4 nitrogen and oxygen atoms in total. The number of ether oxygens (including phenoxy) is 1. The van der Waals surface area contributed by atoms with Gasteiger partial charge in [0.2, 0.25) is 0 Å². The second-order valence-corrected chi connectivity index (χ2v) is 5.26. The summed E-state index contributed by atoms with van der Waals surface area (Å²) in [7, 11) is 0. The van der Waals surface area contributed by atoms with E-state index >= 15 is 0 Å². The number of imidazole rings is 1. The molecular formula is C16H21N3O. The summed E-state index contributed by atoms with van der Waals surface area (Å²) in [4.78, 5) is 7.93. The number of benzene rings is 1. The first kappa shape index (κ1) is 13.2. The highest BCUT2D eigenvalue weighted by atomic mass is 16.5. The fraction of sp³-hybridized carbons (Fsp3) is 0.438. The van der Waals surface area contributed by atoms with Gasteiger partial charge in [0.1, 0.15) is 11.6 Å². The van der Waals surface area contributed by atoms with E-state index in [1.807, 2.05) is 25.3 Å². The monoisotopic (exact) mass is 271 g/mol. The van der Waals surface area contributed by atoms with Gasteiger partial charge >= 0.3 is 0 Å². The second kappa shape index (κ2) is 6.09. The van der Waals surface area contributed by atoms with Crippen molar-refractivity contribution >= 4 is 0 Å². The van der Waals surface area contributed by atoms with E-state index in [4.69, 9.17) is 4.74 Å². The molecule has 106 valence electrons. The molecule has 0 aliphatic carbocycles. The Bertz CT molecular complexity index is 541. The average molecular weight is 271 g/mol. The third-order valence-corrected chi connectivity index (χ3v) is 3.75. The molecular weight excluding hydrogens is 250 g/mol. The smallest absolute Gasteiger partial charge is 0.119 e. The predicted octanol–water partition coefficient (Wildman–Crippen LogP) is 2.63. The Balaban J connectivity index is 1.68. The molecule has 2 aromatic rings. The van der Waals surface area contributed by atoms with Crippen LogP contribution < -0.4 is 10.1 Å². The lowest BCUT2D eigenvalue weighted by Gasteiger charge is -2.05. The molecule has 1 unspecified atom stereocenters. The minimum absolute atomic E-state index is 0.697. The Hall–Kier alpha value is -1.81. The summed E-state index contributed by atoms with van der Waals surface area (Å²) in [5, 5.41) is 3.39. The van der Waals surface area contributed by atoms with Gasteiger partial charge in [0.15, 0.2) is 0 Å². The van der Waals surface area contributed by atoms with Crippen molar-refractivity contribution in [2.45, 2.75) is 19.8 Å². The highest BCUT2D eigenvalue weighted by Crippen LogP contribution is 2.22. The fourth-order valence-corrected chi connectivity index (χ4v) is 2.67. The molecule has 20 heavy (non-hydrogen) atoms. The normalized spacial score (nSPS) is 18.4. The molecule has 1 aromatic carbocycles. The van der Waals surface area contributed by atoms with Crippen molar-refractivity contribution in [1.82, 2.24) is 15.3 Å². The van der Waals surface area contributed by atoms with Crippen LogP contribution in [0.2, 0.25) is 0 Å². The number of H-pyrrole nitrogens is 1. The molecule has 1 aliphatic rings. The lowest BCUT2D eigenvalue weighted by molar-refractivity contribution is 0.340. The molecule has 0 radical (unpaired) electrons. The van der Waals surface area contributed by atoms with Crippen molar-refractivity contribution in [2.24, 2.45) is 5.92 Å². The van der Waals surface area contributed by atoms with Crippen LogP contribution in [0.4, 0.5) is 0 Å². The predicted molar refractivity (Wildman–Crippen MR) is 79.9 cm³/mol. The average Bonchev–Trinajstić information content (AvgIpc) is 3.12. The van der Waals surface area contributed by atoms with Gasteiger partial charge in [0.05, 0.1) is 18.5 Å². The SMILES string of the molecule is CCOc1ccc(-c2cnc(CC3CCNC3)[nH]2)cc1. The molecule has 2 heterocycles. The number of hydrogen-bond acceptors (Lipinski definition) is 3.